The molecule has 0 bridgehead atoms. The van der Waals surface area contributed by atoms with Gasteiger partial charge < -0.3 is 9.15 Å². The number of imidazole rings is 1. The van der Waals surface area contributed by atoms with Crippen molar-refractivity contribution in [1.29, 1.82) is 0 Å². The van der Waals surface area contributed by atoms with Crippen LogP contribution in [-0.4, -0.2) is 26.9 Å². The first kappa shape index (κ1) is 18.3. The van der Waals surface area contributed by atoms with E-state index in [1.807, 2.05) is 55.6 Å². The third kappa shape index (κ3) is 3.53. The minimum Gasteiger partial charge on any atom is -0.495 e. The maximum absolute atomic E-state index is 5.61. The van der Waals surface area contributed by atoms with Crippen LogP contribution in [0.1, 0.15) is 24.0 Å². The molecule has 4 rings (SSSR count). The van der Waals surface area contributed by atoms with E-state index >= 15 is 0 Å². The van der Waals surface area contributed by atoms with Gasteiger partial charge in [0.25, 0.3) is 0 Å². The van der Waals surface area contributed by atoms with Crippen molar-refractivity contribution in [1.82, 2.24) is 19.7 Å². The monoisotopic (exact) mass is 392 g/mol. The zero-order valence-corrected chi connectivity index (χ0v) is 16.7. The van der Waals surface area contributed by atoms with E-state index in [1.54, 1.807) is 25.8 Å². The molecule has 2 heterocycles. The molecule has 0 aliphatic heterocycles. The van der Waals surface area contributed by atoms with E-state index in [-0.39, 0.29) is 5.25 Å². The van der Waals surface area contributed by atoms with Crippen molar-refractivity contribution in [2.45, 2.75) is 24.3 Å². The molecule has 7 heteroatoms. The first-order valence-electron chi connectivity index (χ1n) is 8.90. The standard InChI is InChI=1S/C21H20N4O2S/c1-14(20-24-23-15(2)27-20)28-21-22-13-18(16-9-5-4-6-10-16)25(21)17-11-7-8-12-19(17)26-3/h4-14H,1-3H3/t14-/m0/s1. The third-order valence-electron chi connectivity index (χ3n) is 4.30. The van der Waals surface area contributed by atoms with Crippen LogP contribution in [0.4, 0.5) is 0 Å². The van der Waals surface area contributed by atoms with Gasteiger partial charge in [0.2, 0.25) is 11.8 Å². The van der Waals surface area contributed by atoms with E-state index in [1.165, 1.54) is 0 Å². The van der Waals surface area contributed by atoms with Crippen LogP contribution in [0.3, 0.4) is 0 Å². The van der Waals surface area contributed by atoms with Crippen LogP contribution in [0.2, 0.25) is 0 Å². The fraction of sp³-hybridized carbons (Fsp3) is 0.190. The van der Waals surface area contributed by atoms with Gasteiger partial charge in [0.15, 0.2) is 5.16 Å². The predicted molar refractivity (Wildman–Crippen MR) is 109 cm³/mol. The molecular weight excluding hydrogens is 372 g/mol. The fourth-order valence-corrected chi connectivity index (χ4v) is 3.89. The Hall–Kier alpha value is -3.06. The van der Waals surface area contributed by atoms with Crippen LogP contribution in [0.5, 0.6) is 5.75 Å². The highest BCUT2D eigenvalue weighted by Crippen LogP contribution is 2.39. The Bertz CT molecular complexity index is 1070. The lowest BCUT2D eigenvalue weighted by molar-refractivity contribution is 0.412. The van der Waals surface area contributed by atoms with Gasteiger partial charge in [-0.15, -0.1) is 10.2 Å². The van der Waals surface area contributed by atoms with Gasteiger partial charge in [-0.25, -0.2) is 4.98 Å². The van der Waals surface area contributed by atoms with E-state index in [2.05, 4.69) is 26.9 Å². The lowest BCUT2D eigenvalue weighted by Gasteiger charge is -2.16. The van der Waals surface area contributed by atoms with Crippen molar-refractivity contribution in [2.75, 3.05) is 7.11 Å². The van der Waals surface area contributed by atoms with Gasteiger partial charge in [-0.3, -0.25) is 4.57 Å². The Morgan fingerprint density at radius 1 is 1.04 bits per heavy atom. The second kappa shape index (κ2) is 7.90. The highest BCUT2D eigenvalue weighted by Gasteiger charge is 2.21. The number of nitrogens with zero attached hydrogens (tertiary/aromatic N) is 4. The van der Waals surface area contributed by atoms with Crippen LogP contribution >= 0.6 is 11.8 Å². The molecule has 0 amide bonds. The number of aromatic nitrogens is 4. The molecule has 0 saturated carbocycles. The summed E-state index contributed by atoms with van der Waals surface area (Å²) in [5.41, 5.74) is 2.99. The molecule has 0 fully saturated rings. The molecule has 6 nitrogen and oxygen atoms in total. The van der Waals surface area contributed by atoms with Crippen LogP contribution < -0.4 is 4.74 Å². The molecule has 28 heavy (non-hydrogen) atoms. The van der Waals surface area contributed by atoms with Gasteiger partial charge in [-0.1, -0.05) is 54.2 Å². The maximum atomic E-state index is 5.61. The molecule has 0 unspecified atom stereocenters. The van der Waals surface area contributed by atoms with Crippen molar-refractivity contribution >= 4 is 11.8 Å². The van der Waals surface area contributed by atoms with Crippen molar-refractivity contribution in [3.8, 4) is 22.7 Å². The number of methoxy groups -OCH3 is 1. The Morgan fingerprint density at radius 3 is 2.50 bits per heavy atom. The minimum absolute atomic E-state index is 0.0410. The average molecular weight is 392 g/mol. The van der Waals surface area contributed by atoms with Crippen LogP contribution in [0, 0.1) is 6.92 Å². The van der Waals surface area contributed by atoms with Crippen LogP contribution in [0.25, 0.3) is 16.9 Å². The summed E-state index contributed by atoms with van der Waals surface area (Å²) >= 11 is 1.57. The first-order chi connectivity index (χ1) is 13.7. The van der Waals surface area contributed by atoms with Crippen LogP contribution in [0.15, 0.2) is 70.4 Å². The number of ether oxygens (including phenoxy) is 1. The van der Waals surface area contributed by atoms with Gasteiger partial charge in [-0.05, 0) is 19.1 Å². The zero-order valence-electron chi connectivity index (χ0n) is 15.9. The zero-order chi connectivity index (χ0) is 19.5. The highest BCUT2D eigenvalue weighted by molar-refractivity contribution is 7.99. The molecule has 2 aromatic heterocycles. The summed E-state index contributed by atoms with van der Waals surface area (Å²) in [6.07, 6.45) is 1.88. The van der Waals surface area contributed by atoms with E-state index in [9.17, 15) is 0 Å². The molecule has 0 spiro atoms. The largest absolute Gasteiger partial charge is 0.495 e. The molecule has 0 saturated heterocycles. The van der Waals surface area contributed by atoms with E-state index < -0.39 is 0 Å². The SMILES string of the molecule is COc1ccccc1-n1c(-c2ccccc2)cnc1S[C@@H](C)c1nnc(C)o1. The van der Waals surface area contributed by atoms with Gasteiger partial charge in [0.1, 0.15) is 5.75 Å². The Morgan fingerprint density at radius 2 is 1.79 bits per heavy atom. The highest BCUT2D eigenvalue weighted by atomic mass is 32.2. The van der Waals surface area contributed by atoms with Crippen molar-refractivity contribution in [3.63, 3.8) is 0 Å². The molecule has 1 atom stereocenters. The molecule has 2 aromatic carbocycles. The summed E-state index contributed by atoms with van der Waals surface area (Å²) in [7, 11) is 1.68. The summed E-state index contributed by atoms with van der Waals surface area (Å²) < 4.78 is 13.3. The molecular formula is C21H20N4O2S. The molecule has 142 valence electrons. The molecule has 0 aliphatic rings. The maximum Gasteiger partial charge on any atom is 0.229 e. The summed E-state index contributed by atoms with van der Waals surface area (Å²) in [4.78, 5) is 4.70. The number of hydrogen-bond acceptors (Lipinski definition) is 6. The van der Waals surface area contributed by atoms with Crippen molar-refractivity contribution < 1.29 is 9.15 Å². The number of benzene rings is 2. The number of hydrogen-bond donors (Lipinski definition) is 0. The van der Waals surface area contributed by atoms with Crippen molar-refractivity contribution in [2.24, 2.45) is 0 Å². The second-order valence-electron chi connectivity index (χ2n) is 6.22. The lowest BCUT2D eigenvalue weighted by atomic mass is 10.1. The normalized spacial score (nSPS) is 12.1. The average Bonchev–Trinajstić information content (AvgIpc) is 3.35. The Balaban J connectivity index is 1.82. The van der Waals surface area contributed by atoms with Gasteiger partial charge in [0, 0.05) is 12.5 Å². The van der Waals surface area contributed by atoms with E-state index in [0.717, 1.165) is 27.9 Å². The quantitative estimate of drug-likeness (QED) is 0.426. The topological polar surface area (TPSA) is 66.0 Å². The Kier molecular flexibility index (Phi) is 5.16. The number of aryl methyl sites for hydroxylation is 1. The Labute approximate surface area is 167 Å². The molecule has 0 N–H and O–H groups in total. The lowest BCUT2D eigenvalue weighted by Crippen LogP contribution is -2.03. The smallest absolute Gasteiger partial charge is 0.229 e. The number of thioether (sulfide) groups is 1. The van der Waals surface area contributed by atoms with E-state index in [4.69, 9.17) is 14.1 Å². The number of rotatable bonds is 6. The minimum atomic E-state index is -0.0410. The summed E-state index contributed by atoms with van der Waals surface area (Å²) in [5.74, 6) is 1.92. The summed E-state index contributed by atoms with van der Waals surface area (Å²) in [5, 5.41) is 8.86. The van der Waals surface area contributed by atoms with Crippen molar-refractivity contribution in [3.05, 3.63) is 72.6 Å². The predicted octanol–water partition coefficient (Wildman–Crippen LogP) is 5.09. The van der Waals surface area contributed by atoms with Crippen LogP contribution in [-0.2, 0) is 0 Å². The molecule has 4 aromatic rings. The van der Waals surface area contributed by atoms with Gasteiger partial charge >= 0.3 is 0 Å². The first-order valence-corrected chi connectivity index (χ1v) is 9.78. The van der Waals surface area contributed by atoms with Gasteiger partial charge in [-0.2, -0.15) is 0 Å². The third-order valence-corrected chi connectivity index (χ3v) is 5.35. The molecule has 0 aliphatic carbocycles. The summed E-state index contributed by atoms with van der Waals surface area (Å²) in [6, 6.07) is 18.1. The van der Waals surface area contributed by atoms with Gasteiger partial charge in [0.05, 0.1) is 29.9 Å². The summed E-state index contributed by atoms with van der Waals surface area (Å²) in [6.45, 7) is 3.82. The molecule has 0 radical (unpaired) electrons. The number of para-hydroxylation sites is 2. The van der Waals surface area contributed by atoms with E-state index in [0.29, 0.717) is 11.8 Å². The fourth-order valence-electron chi connectivity index (χ4n) is 2.96. The second-order valence-corrected chi connectivity index (χ2v) is 7.53.